The topological polar surface area (TPSA) is 32.7 Å². The molecule has 0 heterocycles. The smallest absolute Gasteiger partial charge is 0.168 e. The number of hydrazone groups is 1. The monoisotopic (exact) mass is 172 g/mol. The SMILES string of the molecule is CN(/N=C/CC=O)[Si](C)(C)C. The second-order valence-electron chi connectivity index (χ2n) is 3.39. The van der Waals surface area contributed by atoms with Gasteiger partial charge in [0.05, 0.1) is 0 Å². The molecule has 0 unspecified atom stereocenters. The van der Waals surface area contributed by atoms with Gasteiger partial charge in [0, 0.05) is 19.7 Å². The molecular weight excluding hydrogens is 156 g/mol. The van der Waals surface area contributed by atoms with Gasteiger partial charge in [-0.15, -0.1) is 0 Å². The third-order valence-electron chi connectivity index (χ3n) is 1.43. The predicted octanol–water partition coefficient (Wildman–Crippen LogP) is 1.33. The van der Waals surface area contributed by atoms with Gasteiger partial charge in [-0.25, -0.2) is 0 Å². The first-order chi connectivity index (χ1) is 4.98. The summed E-state index contributed by atoms with van der Waals surface area (Å²) in [5.41, 5.74) is 0. The van der Waals surface area contributed by atoms with E-state index >= 15 is 0 Å². The largest absolute Gasteiger partial charge is 0.328 e. The van der Waals surface area contributed by atoms with Crippen molar-refractivity contribution in [2.24, 2.45) is 5.10 Å². The molecule has 0 atom stereocenters. The molecule has 0 saturated carbocycles. The number of carbonyl (C=O) groups is 1. The minimum absolute atomic E-state index is 0.412. The van der Waals surface area contributed by atoms with E-state index in [1.165, 1.54) is 0 Å². The minimum Gasteiger partial charge on any atom is -0.328 e. The molecule has 0 radical (unpaired) electrons. The van der Waals surface area contributed by atoms with Crippen LogP contribution in [0.25, 0.3) is 0 Å². The van der Waals surface area contributed by atoms with Crippen LogP contribution < -0.4 is 0 Å². The Morgan fingerprint density at radius 2 is 2.00 bits per heavy atom. The Balaban J connectivity index is 3.86. The molecule has 0 aromatic rings. The molecule has 4 heteroatoms. The number of hydrogen-bond acceptors (Lipinski definition) is 3. The molecule has 0 saturated heterocycles. The summed E-state index contributed by atoms with van der Waals surface area (Å²) in [5, 5.41) is 4.12. The first kappa shape index (κ1) is 10.4. The van der Waals surface area contributed by atoms with Crippen LogP contribution in [-0.2, 0) is 4.79 Å². The summed E-state index contributed by atoms with van der Waals surface area (Å²) in [4.78, 5) is 9.94. The predicted molar refractivity (Wildman–Crippen MR) is 50.3 cm³/mol. The molecule has 0 N–H and O–H groups in total. The molecule has 0 spiro atoms. The van der Waals surface area contributed by atoms with E-state index in [2.05, 4.69) is 24.7 Å². The van der Waals surface area contributed by atoms with Crippen molar-refractivity contribution in [2.75, 3.05) is 7.05 Å². The summed E-state index contributed by atoms with van der Waals surface area (Å²) in [6.07, 6.45) is 2.90. The standard InChI is InChI=1S/C7H16N2OSi/c1-9(11(2,3)4)8-6-5-7-10/h6-7H,5H2,1-4H3/b8-6+. The van der Waals surface area contributed by atoms with E-state index < -0.39 is 8.24 Å². The van der Waals surface area contributed by atoms with Gasteiger partial charge in [-0.3, -0.25) is 0 Å². The van der Waals surface area contributed by atoms with Crippen LogP contribution in [0.3, 0.4) is 0 Å². The van der Waals surface area contributed by atoms with Crippen LogP contribution in [0.4, 0.5) is 0 Å². The molecule has 0 bridgehead atoms. The second kappa shape index (κ2) is 4.28. The number of nitrogens with zero attached hydrogens (tertiary/aromatic N) is 2. The Kier molecular flexibility index (Phi) is 4.03. The highest BCUT2D eigenvalue weighted by Gasteiger charge is 2.17. The first-order valence-electron chi connectivity index (χ1n) is 3.68. The fourth-order valence-corrected chi connectivity index (χ4v) is 0.814. The molecule has 0 aliphatic rings. The zero-order valence-electron chi connectivity index (χ0n) is 7.66. The quantitative estimate of drug-likeness (QED) is 0.277. The maximum absolute atomic E-state index is 9.94. The Morgan fingerprint density at radius 1 is 1.45 bits per heavy atom. The van der Waals surface area contributed by atoms with Gasteiger partial charge in [-0.2, -0.15) is 5.10 Å². The van der Waals surface area contributed by atoms with Gasteiger partial charge in [-0.05, 0) is 0 Å². The van der Waals surface area contributed by atoms with Crippen LogP contribution in [-0.4, -0.2) is 32.5 Å². The number of rotatable bonds is 4. The van der Waals surface area contributed by atoms with Gasteiger partial charge in [0.1, 0.15) is 6.29 Å². The Morgan fingerprint density at radius 3 is 2.36 bits per heavy atom. The highest BCUT2D eigenvalue weighted by Crippen LogP contribution is 2.05. The summed E-state index contributed by atoms with van der Waals surface area (Å²) in [6, 6.07) is 0. The van der Waals surface area contributed by atoms with Crippen LogP contribution in [0, 0.1) is 0 Å². The van der Waals surface area contributed by atoms with Crippen molar-refractivity contribution in [2.45, 2.75) is 26.1 Å². The number of carbonyl (C=O) groups excluding carboxylic acids is 1. The van der Waals surface area contributed by atoms with Crippen LogP contribution >= 0.6 is 0 Å². The fraction of sp³-hybridized carbons (Fsp3) is 0.714. The Bertz CT molecular complexity index is 151. The van der Waals surface area contributed by atoms with Crippen molar-refractivity contribution in [1.82, 2.24) is 4.67 Å². The molecule has 0 aliphatic carbocycles. The lowest BCUT2D eigenvalue weighted by molar-refractivity contribution is -0.106. The lowest BCUT2D eigenvalue weighted by Crippen LogP contribution is -2.39. The summed E-state index contributed by atoms with van der Waals surface area (Å²) in [6.45, 7) is 6.60. The average molecular weight is 172 g/mol. The molecule has 0 aromatic carbocycles. The summed E-state index contributed by atoms with van der Waals surface area (Å²) < 4.78 is 1.97. The van der Waals surface area contributed by atoms with E-state index in [4.69, 9.17) is 0 Å². The minimum atomic E-state index is -1.29. The van der Waals surface area contributed by atoms with Crippen LogP contribution in [0.1, 0.15) is 6.42 Å². The molecule has 0 fully saturated rings. The van der Waals surface area contributed by atoms with E-state index in [-0.39, 0.29) is 0 Å². The zero-order chi connectivity index (χ0) is 8.91. The van der Waals surface area contributed by atoms with Crippen molar-refractivity contribution >= 4 is 20.7 Å². The van der Waals surface area contributed by atoms with E-state index in [9.17, 15) is 4.79 Å². The molecule has 0 amide bonds. The molecule has 11 heavy (non-hydrogen) atoms. The normalized spacial score (nSPS) is 12.0. The molecule has 3 nitrogen and oxygen atoms in total. The van der Waals surface area contributed by atoms with Gasteiger partial charge in [0.25, 0.3) is 0 Å². The van der Waals surface area contributed by atoms with Crippen molar-refractivity contribution < 1.29 is 4.79 Å². The molecule has 0 aromatic heterocycles. The maximum atomic E-state index is 9.94. The lowest BCUT2D eigenvalue weighted by Gasteiger charge is -2.26. The van der Waals surface area contributed by atoms with E-state index in [0.717, 1.165) is 6.29 Å². The summed E-state index contributed by atoms with van der Waals surface area (Å²) in [7, 11) is 0.661. The van der Waals surface area contributed by atoms with Crippen molar-refractivity contribution in [3.63, 3.8) is 0 Å². The third kappa shape index (κ3) is 4.72. The van der Waals surface area contributed by atoms with Crippen LogP contribution in [0.15, 0.2) is 5.10 Å². The summed E-state index contributed by atoms with van der Waals surface area (Å²) in [5.74, 6) is 0. The van der Waals surface area contributed by atoms with Gasteiger partial charge in [0.2, 0.25) is 0 Å². The first-order valence-corrected chi connectivity index (χ1v) is 7.13. The molecule has 0 aliphatic heterocycles. The molecule has 0 rings (SSSR count). The second-order valence-corrected chi connectivity index (χ2v) is 8.38. The van der Waals surface area contributed by atoms with Crippen LogP contribution in [0.5, 0.6) is 0 Å². The van der Waals surface area contributed by atoms with Crippen molar-refractivity contribution in [3.05, 3.63) is 0 Å². The van der Waals surface area contributed by atoms with Crippen molar-refractivity contribution in [3.8, 4) is 0 Å². The van der Waals surface area contributed by atoms with Gasteiger partial charge in [0.15, 0.2) is 8.24 Å². The van der Waals surface area contributed by atoms with Crippen LogP contribution in [0.2, 0.25) is 19.6 Å². The summed E-state index contributed by atoms with van der Waals surface area (Å²) >= 11 is 0. The maximum Gasteiger partial charge on any atom is 0.168 e. The average Bonchev–Trinajstić information content (AvgIpc) is 1.86. The highest BCUT2D eigenvalue weighted by molar-refractivity contribution is 6.73. The van der Waals surface area contributed by atoms with Gasteiger partial charge in [-0.1, -0.05) is 19.6 Å². The van der Waals surface area contributed by atoms with E-state index in [1.54, 1.807) is 6.21 Å². The third-order valence-corrected chi connectivity index (χ3v) is 3.48. The fourth-order valence-electron chi connectivity index (χ4n) is 0.386. The zero-order valence-corrected chi connectivity index (χ0v) is 8.66. The lowest BCUT2D eigenvalue weighted by atomic mass is 10.5. The van der Waals surface area contributed by atoms with E-state index in [1.807, 2.05) is 11.7 Å². The Hall–Kier alpha value is -0.643. The number of aldehydes is 1. The molecular formula is C7H16N2OSi. The van der Waals surface area contributed by atoms with Gasteiger partial charge >= 0.3 is 0 Å². The number of hydrogen-bond donors (Lipinski definition) is 0. The Labute approximate surface area is 69.2 Å². The highest BCUT2D eigenvalue weighted by atomic mass is 28.3. The van der Waals surface area contributed by atoms with E-state index in [0.29, 0.717) is 6.42 Å². The van der Waals surface area contributed by atoms with Crippen molar-refractivity contribution in [1.29, 1.82) is 0 Å². The van der Waals surface area contributed by atoms with Gasteiger partial charge < -0.3 is 9.47 Å². The molecule has 64 valence electrons.